The fourth-order valence-electron chi connectivity index (χ4n) is 7.30. The highest BCUT2D eigenvalue weighted by Gasteiger charge is 2.44. The summed E-state index contributed by atoms with van der Waals surface area (Å²) in [5.74, 6) is -0.0449. The van der Waals surface area contributed by atoms with Crippen LogP contribution in [-0.2, 0) is 37.0 Å². The average molecular weight is 885 g/mol. The van der Waals surface area contributed by atoms with Crippen LogP contribution in [0.2, 0.25) is 0 Å². The van der Waals surface area contributed by atoms with E-state index in [2.05, 4.69) is 35.8 Å². The van der Waals surface area contributed by atoms with Crippen molar-refractivity contribution in [1.29, 1.82) is 0 Å². The van der Waals surface area contributed by atoms with Gasteiger partial charge in [0.2, 0.25) is 17.7 Å². The SMILES string of the molecule is Cc1ncsc1-c1ccc(CNC(=O)[C@@H]2C[C@@H](O)CN2C(=O)[C@@H](NC(=O)COCCOCCOc2ccc(COc3ccc4oc(N5CCNCC5)nc4c3)nc2)C(C)(C)C)cc1. The maximum absolute atomic E-state index is 13.9. The monoisotopic (exact) mass is 884 g/mol. The second-order valence-corrected chi connectivity index (χ2v) is 17.4. The molecular weight excluding hydrogens is 829 g/mol. The Morgan fingerprint density at radius 3 is 2.46 bits per heavy atom. The molecule has 7 rings (SSSR count). The predicted octanol–water partition coefficient (Wildman–Crippen LogP) is 3.86. The third-order valence-corrected chi connectivity index (χ3v) is 11.7. The van der Waals surface area contributed by atoms with Crippen molar-refractivity contribution in [1.82, 2.24) is 35.8 Å². The number of aliphatic hydroxyl groups is 1. The first-order chi connectivity index (χ1) is 30.4. The number of anilines is 1. The Balaban J connectivity index is 0.777. The van der Waals surface area contributed by atoms with E-state index >= 15 is 0 Å². The number of rotatable bonds is 19. The molecule has 17 nitrogen and oxygen atoms in total. The predicted molar refractivity (Wildman–Crippen MR) is 236 cm³/mol. The van der Waals surface area contributed by atoms with Crippen molar-refractivity contribution in [2.75, 3.05) is 70.7 Å². The number of thiazole rings is 1. The summed E-state index contributed by atoms with van der Waals surface area (Å²) in [4.78, 5) is 58.3. The van der Waals surface area contributed by atoms with Crippen molar-refractivity contribution >= 4 is 46.2 Å². The normalized spacial score (nSPS) is 17.2. The zero-order valence-corrected chi connectivity index (χ0v) is 36.9. The smallest absolute Gasteiger partial charge is 0.298 e. The van der Waals surface area contributed by atoms with Gasteiger partial charge in [-0.15, -0.1) is 11.3 Å². The number of piperazine rings is 1. The second-order valence-electron chi connectivity index (χ2n) is 16.6. The third-order valence-electron chi connectivity index (χ3n) is 10.7. The third kappa shape index (κ3) is 12.3. The van der Waals surface area contributed by atoms with E-state index in [4.69, 9.17) is 23.4 Å². The van der Waals surface area contributed by atoms with Crippen LogP contribution in [0.3, 0.4) is 0 Å². The average Bonchev–Trinajstić information content (AvgIpc) is 4.03. The van der Waals surface area contributed by atoms with Gasteiger partial charge in [-0.05, 0) is 47.7 Å². The summed E-state index contributed by atoms with van der Waals surface area (Å²) >= 11 is 1.57. The van der Waals surface area contributed by atoms with E-state index in [1.807, 2.05) is 87.8 Å². The van der Waals surface area contributed by atoms with Crippen LogP contribution in [-0.4, -0.2) is 127 Å². The van der Waals surface area contributed by atoms with Crippen LogP contribution in [0.15, 0.2) is 70.7 Å². The molecule has 3 aromatic heterocycles. The highest BCUT2D eigenvalue weighted by molar-refractivity contribution is 7.13. The number of hydrogen-bond donors (Lipinski definition) is 4. The van der Waals surface area contributed by atoms with Gasteiger partial charge >= 0.3 is 0 Å². The number of aromatic nitrogens is 3. The van der Waals surface area contributed by atoms with Gasteiger partial charge in [0.15, 0.2) is 5.58 Å². The zero-order valence-electron chi connectivity index (χ0n) is 36.1. The molecule has 5 heterocycles. The molecule has 2 saturated heterocycles. The van der Waals surface area contributed by atoms with Crippen molar-refractivity contribution < 1.29 is 42.9 Å². The zero-order chi connectivity index (χ0) is 44.3. The van der Waals surface area contributed by atoms with Crippen molar-refractivity contribution in [3.8, 4) is 21.9 Å². The number of nitrogens with one attached hydrogen (secondary N) is 3. The van der Waals surface area contributed by atoms with Crippen molar-refractivity contribution in [2.45, 2.75) is 65.5 Å². The van der Waals surface area contributed by atoms with Crippen LogP contribution >= 0.6 is 11.3 Å². The van der Waals surface area contributed by atoms with E-state index in [9.17, 15) is 19.5 Å². The Kier molecular flexibility index (Phi) is 15.2. The summed E-state index contributed by atoms with van der Waals surface area (Å²) in [7, 11) is 0. The molecule has 5 aromatic rings. The number of oxazole rings is 1. The van der Waals surface area contributed by atoms with Gasteiger partial charge in [0, 0.05) is 51.8 Å². The Morgan fingerprint density at radius 2 is 1.73 bits per heavy atom. The first-order valence-corrected chi connectivity index (χ1v) is 22.1. The highest BCUT2D eigenvalue weighted by Crippen LogP contribution is 2.29. The first-order valence-electron chi connectivity index (χ1n) is 21.2. The quantitative estimate of drug-likeness (QED) is 0.0871. The number of hydrogen-bond acceptors (Lipinski definition) is 15. The van der Waals surface area contributed by atoms with E-state index in [1.54, 1.807) is 17.5 Å². The van der Waals surface area contributed by atoms with E-state index < -0.39 is 35.4 Å². The summed E-state index contributed by atoms with van der Waals surface area (Å²) in [6.07, 6.45) is 0.858. The van der Waals surface area contributed by atoms with Gasteiger partial charge in [-0.3, -0.25) is 19.4 Å². The standard InChI is InChI=1S/C45H56N8O9S/c1-29-40(63-28-49-29)31-7-5-30(6-8-31)23-48-42(56)37-21-33(54)25-53(37)43(57)41(45(2,3)4)51-39(55)27-59-18-17-58-19-20-60-35-10-9-32(47-24-35)26-61-34-11-12-38-36(22-34)50-44(62-38)52-15-13-46-14-16-52/h5-12,22,24,28,33,37,41,46,54H,13-21,23,25-27H2,1-4H3,(H,48,56)(H,51,55)/t33-,37+,41-/m1/s1. The molecule has 336 valence electrons. The molecular formula is C45H56N8O9S. The number of nitrogens with zero attached hydrogens (tertiary/aromatic N) is 5. The van der Waals surface area contributed by atoms with Crippen molar-refractivity contribution in [3.05, 3.63) is 83.3 Å². The van der Waals surface area contributed by atoms with Crippen molar-refractivity contribution in [3.63, 3.8) is 0 Å². The molecule has 18 heteroatoms. The lowest BCUT2D eigenvalue weighted by atomic mass is 9.85. The number of ether oxygens (including phenoxy) is 4. The summed E-state index contributed by atoms with van der Waals surface area (Å²) in [6.45, 7) is 12.1. The molecule has 4 N–H and O–H groups in total. The van der Waals surface area contributed by atoms with Gasteiger partial charge in [-0.25, -0.2) is 4.98 Å². The highest BCUT2D eigenvalue weighted by atomic mass is 32.1. The molecule has 2 aliphatic rings. The Morgan fingerprint density at radius 1 is 0.968 bits per heavy atom. The van der Waals surface area contributed by atoms with Crippen LogP contribution in [0, 0.1) is 12.3 Å². The maximum Gasteiger partial charge on any atom is 0.298 e. The minimum Gasteiger partial charge on any atom is -0.490 e. The summed E-state index contributed by atoms with van der Waals surface area (Å²) < 4.78 is 28.8. The van der Waals surface area contributed by atoms with Crippen LogP contribution in [0.5, 0.6) is 11.5 Å². The van der Waals surface area contributed by atoms with Gasteiger partial charge in [-0.1, -0.05) is 45.0 Å². The number of benzene rings is 2. The number of pyridine rings is 1. The lowest BCUT2D eigenvalue weighted by molar-refractivity contribution is -0.144. The molecule has 2 aliphatic heterocycles. The van der Waals surface area contributed by atoms with Crippen LogP contribution in [0.1, 0.15) is 44.1 Å². The van der Waals surface area contributed by atoms with Gasteiger partial charge in [-0.2, -0.15) is 4.98 Å². The van der Waals surface area contributed by atoms with Crippen LogP contribution < -0.4 is 30.3 Å². The lowest BCUT2D eigenvalue weighted by Crippen LogP contribution is -2.58. The van der Waals surface area contributed by atoms with E-state index in [1.165, 1.54) is 4.90 Å². The Bertz CT molecular complexity index is 2290. The number of fused-ring (bicyclic) bond motifs is 1. The molecule has 0 bridgehead atoms. The van der Waals surface area contributed by atoms with Gasteiger partial charge in [0.05, 0.1) is 53.9 Å². The van der Waals surface area contributed by atoms with Crippen LogP contribution in [0.25, 0.3) is 21.5 Å². The Hall–Kier alpha value is -5.66. The summed E-state index contributed by atoms with van der Waals surface area (Å²) in [5, 5.41) is 19.6. The molecule has 0 unspecified atom stereocenters. The summed E-state index contributed by atoms with van der Waals surface area (Å²) in [6, 6.07) is 15.9. The van der Waals surface area contributed by atoms with Gasteiger partial charge < -0.3 is 54.2 Å². The largest absolute Gasteiger partial charge is 0.490 e. The number of carbonyl (C=O) groups is 3. The minimum atomic E-state index is -0.965. The van der Waals surface area contributed by atoms with E-state index in [0.717, 1.165) is 59.1 Å². The molecule has 3 atom stereocenters. The van der Waals surface area contributed by atoms with Crippen molar-refractivity contribution in [2.24, 2.45) is 5.41 Å². The van der Waals surface area contributed by atoms with Crippen LogP contribution in [0.4, 0.5) is 6.01 Å². The molecule has 3 amide bonds. The fourth-order valence-corrected chi connectivity index (χ4v) is 8.11. The molecule has 0 saturated carbocycles. The molecule has 2 aromatic carbocycles. The number of amides is 3. The maximum atomic E-state index is 13.9. The number of aliphatic hydroxyl groups excluding tert-OH is 1. The number of aryl methyl sites for hydroxylation is 1. The number of carbonyl (C=O) groups excluding carboxylic acids is 3. The number of likely N-dealkylation sites (tertiary alicyclic amines) is 1. The molecule has 0 radical (unpaired) electrons. The second kappa shape index (κ2) is 21.1. The summed E-state index contributed by atoms with van der Waals surface area (Å²) in [5.41, 5.74) is 6.21. The lowest BCUT2D eigenvalue weighted by Gasteiger charge is -2.35. The molecule has 63 heavy (non-hydrogen) atoms. The number of β-amino-alcohol motifs (C(OH)–C–C–N with tert-alkyl or cyclic N) is 1. The molecule has 0 spiro atoms. The first kappa shape index (κ1) is 45.4. The Labute approximate surface area is 370 Å². The van der Waals surface area contributed by atoms with Gasteiger partial charge in [0.25, 0.3) is 6.01 Å². The van der Waals surface area contributed by atoms with E-state index in [0.29, 0.717) is 23.1 Å². The van der Waals surface area contributed by atoms with Gasteiger partial charge in [0.1, 0.15) is 48.9 Å². The minimum absolute atomic E-state index is 0.0154. The topological polar surface area (TPSA) is 203 Å². The molecule has 2 fully saturated rings. The van der Waals surface area contributed by atoms with E-state index in [-0.39, 0.29) is 65.1 Å². The fraction of sp³-hybridized carbons (Fsp3) is 0.467. The molecule has 0 aliphatic carbocycles.